The number of ketones is 3. The van der Waals surface area contributed by atoms with Gasteiger partial charge in [-0.1, -0.05) is 71.1 Å². The molecule has 0 radical (unpaired) electrons. The number of nitrogens with zero attached hydrogens (tertiary/aromatic N) is 3. The Labute approximate surface area is 427 Å². The fourth-order valence-electron chi connectivity index (χ4n) is 10.5. The predicted octanol–water partition coefficient (Wildman–Crippen LogP) is 4.93. The number of piperidine rings is 1. The number of allylic oxidation sites excluding steroid dienone is 6. The summed E-state index contributed by atoms with van der Waals surface area (Å²) in [7, 11) is 6.41. The summed E-state index contributed by atoms with van der Waals surface area (Å²) >= 11 is 0. The van der Waals surface area contributed by atoms with E-state index in [1.807, 2.05) is 51.2 Å². The van der Waals surface area contributed by atoms with E-state index in [1.165, 1.54) is 12.0 Å². The van der Waals surface area contributed by atoms with E-state index < -0.39 is 83.8 Å². The molecule has 2 saturated heterocycles. The number of aliphatic imine (C=N–C) groups is 1. The highest BCUT2D eigenvalue weighted by Gasteiger charge is 2.53. The van der Waals surface area contributed by atoms with E-state index in [-0.39, 0.29) is 73.2 Å². The Kier molecular flexibility index (Phi) is 23.0. The van der Waals surface area contributed by atoms with E-state index in [9.17, 15) is 39.3 Å². The molecule has 4 rings (SSSR count). The molecule has 4 aliphatic rings. The Balaban J connectivity index is 1.77. The molecule has 1 amide bonds. The van der Waals surface area contributed by atoms with Gasteiger partial charge in [-0.3, -0.25) is 29.9 Å². The number of hydrogen-bond donors (Lipinski definition) is 6. The molecular formula is C54H86N6O12. The number of cyclic esters (lactones) is 1. The van der Waals surface area contributed by atoms with E-state index >= 15 is 0 Å². The molecular weight excluding hydrogens is 925 g/mol. The molecule has 0 spiro atoms. The SMILES string of the molecule is CO[C@@H]1C[C@@H](CC(C)[C@@H]2CC(=O)[C@H](C)/C=C(\C)[C@@H](O)[C@@H](OC)C(=O)[C@H](C)C[C@H](C)/C=C/C=C/C=C(/C)[C@@H](/N=C(/NC(=N)N)N(C)C)C[C@@H]3CC[C@@H](C)[C@@](O)(O3)C(=O)C(=O)N3CCCC[C@H]3C(=O)O2)CC[C@H]1O. The smallest absolute Gasteiger partial charge is 0.329 e. The second-order valence-electron chi connectivity index (χ2n) is 21.3. The van der Waals surface area contributed by atoms with Crippen LogP contribution in [-0.4, -0.2) is 156 Å². The number of aliphatic hydroxyl groups is 3. The highest BCUT2D eigenvalue weighted by Crippen LogP contribution is 2.38. The molecule has 18 heteroatoms. The molecule has 404 valence electrons. The lowest BCUT2D eigenvalue weighted by atomic mass is 9.78. The van der Waals surface area contributed by atoms with Gasteiger partial charge in [0.25, 0.3) is 11.7 Å². The Hall–Kier alpha value is -4.59. The summed E-state index contributed by atoms with van der Waals surface area (Å²) in [5.74, 6) is -8.51. The summed E-state index contributed by atoms with van der Waals surface area (Å²) in [6.45, 7) is 12.6. The molecule has 18 nitrogen and oxygen atoms in total. The zero-order valence-electron chi connectivity index (χ0n) is 44.7. The van der Waals surface area contributed by atoms with Gasteiger partial charge >= 0.3 is 5.97 Å². The van der Waals surface area contributed by atoms with E-state index in [4.69, 9.17) is 35.1 Å². The molecule has 3 fully saturated rings. The van der Waals surface area contributed by atoms with Gasteiger partial charge in [0.05, 0.1) is 24.4 Å². The average molecular weight is 1010 g/mol. The minimum atomic E-state index is -2.53. The quantitative estimate of drug-likeness (QED) is 0.0677. The van der Waals surface area contributed by atoms with Gasteiger partial charge < -0.3 is 49.8 Å². The summed E-state index contributed by atoms with van der Waals surface area (Å²) in [6.07, 6.45) is 10.6. The molecule has 72 heavy (non-hydrogen) atoms. The van der Waals surface area contributed by atoms with Crippen LogP contribution in [-0.2, 0) is 42.9 Å². The van der Waals surface area contributed by atoms with Gasteiger partial charge in [-0.15, -0.1) is 0 Å². The first-order valence-electron chi connectivity index (χ1n) is 25.9. The molecule has 0 aromatic carbocycles. The molecule has 7 N–H and O–H groups in total. The van der Waals surface area contributed by atoms with Crippen molar-refractivity contribution in [3.63, 3.8) is 0 Å². The van der Waals surface area contributed by atoms with Crippen LogP contribution >= 0.6 is 0 Å². The normalized spacial score (nSPS) is 37.8. The Morgan fingerprint density at radius 2 is 1.67 bits per heavy atom. The minimum Gasteiger partial charge on any atom is -0.460 e. The first kappa shape index (κ1) is 60.0. The number of esters is 1. The lowest BCUT2D eigenvalue weighted by Crippen LogP contribution is -2.61. The number of hydrogen-bond acceptors (Lipinski definition) is 14. The van der Waals surface area contributed by atoms with Crippen LogP contribution in [0.3, 0.4) is 0 Å². The van der Waals surface area contributed by atoms with Gasteiger partial charge in [-0.2, -0.15) is 0 Å². The molecule has 1 aliphatic carbocycles. The Morgan fingerprint density at radius 3 is 2.32 bits per heavy atom. The van der Waals surface area contributed by atoms with E-state index in [0.29, 0.717) is 63.4 Å². The summed E-state index contributed by atoms with van der Waals surface area (Å²) in [4.78, 5) is 79.2. The first-order chi connectivity index (χ1) is 33.9. The summed E-state index contributed by atoms with van der Waals surface area (Å²) in [5, 5.41) is 44.9. The number of aliphatic hydroxyl groups excluding tert-OH is 2. The monoisotopic (exact) mass is 1010 g/mol. The lowest BCUT2D eigenvalue weighted by Gasteiger charge is -2.42. The van der Waals surface area contributed by atoms with Crippen molar-refractivity contribution in [2.24, 2.45) is 46.2 Å². The van der Waals surface area contributed by atoms with Crippen molar-refractivity contribution in [1.29, 1.82) is 5.41 Å². The van der Waals surface area contributed by atoms with Crippen LogP contribution in [0.15, 0.2) is 52.6 Å². The zero-order chi connectivity index (χ0) is 53.6. The van der Waals surface area contributed by atoms with Crippen LogP contribution in [0.5, 0.6) is 0 Å². The third kappa shape index (κ3) is 16.2. The molecule has 0 aromatic heterocycles. The van der Waals surface area contributed by atoms with Crippen molar-refractivity contribution >= 4 is 41.1 Å². The highest BCUT2D eigenvalue weighted by molar-refractivity contribution is 6.39. The number of nitrogens with one attached hydrogen (secondary N) is 2. The number of nitrogens with two attached hydrogens (primary N) is 1. The topological polar surface area (TPSA) is 264 Å². The highest BCUT2D eigenvalue weighted by atomic mass is 16.6. The van der Waals surface area contributed by atoms with Crippen molar-refractivity contribution < 1.29 is 58.2 Å². The van der Waals surface area contributed by atoms with Gasteiger partial charge in [0, 0.05) is 65.5 Å². The fourth-order valence-corrected chi connectivity index (χ4v) is 10.5. The van der Waals surface area contributed by atoms with Crippen LogP contribution in [0.2, 0.25) is 0 Å². The maximum atomic E-state index is 14.5. The first-order valence-corrected chi connectivity index (χ1v) is 25.9. The van der Waals surface area contributed by atoms with Crippen LogP contribution in [0, 0.1) is 40.9 Å². The van der Waals surface area contributed by atoms with Crippen molar-refractivity contribution in [3.8, 4) is 0 Å². The van der Waals surface area contributed by atoms with Gasteiger partial charge in [0.2, 0.25) is 11.7 Å². The van der Waals surface area contributed by atoms with Crippen molar-refractivity contribution in [2.45, 2.75) is 180 Å². The number of fused-ring (bicyclic) bond motifs is 3. The molecule has 0 aromatic rings. The van der Waals surface area contributed by atoms with Gasteiger partial charge in [-0.25, -0.2) is 9.79 Å². The van der Waals surface area contributed by atoms with Crippen LogP contribution in [0.4, 0.5) is 0 Å². The molecule has 1 saturated carbocycles. The summed E-state index contributed by atoms with van der Waals surface area (Å²) < 4.78 is 23.7. The maximum absolute atomic E-state index is 14.5. The third-order valence-corrected chi connectivity index (χ3v) is 15.2. The third-order valence-electron chi connectivity index (χ3n) is 15.2. The summed E-state index contributed by atoms with van der Waals surface area (Å²) in [6, 6.07) is -1.80. The number of methoxy groups -OCH3 is 2. The van der Waals surface area contributed by atoms with Crippen molar-refractivity contribution in [2.75, 3.05) is 34.9 Å². The van der Waals surface area contributed by atoms with E-state index in [2.05, 4.69) is 5.32 Å². The minimum absolute atomic E-state index is 0.0354. The van der Waals surface area contributed by atoms with Crippen molar-refractivity contribution in [1.82, 2.24) is 15.1 Å². The van der Waals surface area contributed by atoms with Gasteiger partial charge in [0.15, 0.2) is 11.7 Å². The van der Waals surface area contributed by atoms with E-state index in [1.54, 1.807) is 59.9 Å². The number of Topliss-reactive ketones (excluding diaryl/α,β-unsaturated/α-hetero) is 3. The zero-order valence-corrected chi connectivity index (χ0v) is 44.7. The Morgan fingerprint density at radius 1 is 0.958 bits per heavy atom. The van der Waals surface area contributed by atoms with Crippen LogP contribution in [0.25, 0.3) is 0 Å². The number of ether oxygens (including phenoxy) is 4. The van der Waals surface area contributed by atoms with E-state index in [0.717, 1.165) is 5.57 Å². The maximum Gasteiger partial charge on any atom is 0.329 e. The number of guanidine groups is 2. The standard InChI is InChI=1S/C54H86N6O12/c1-31-17-13-12-14-18-32(2)40(57-53(59(8)9)58-52(55)56)29-39-22-20-37(7)54(68,72-39)49(65)50(66)60-24-16-15-19-41(60)51(67)71-44(34(4)27-38-21-23-42(61)45(28-38)69-10)30-43(62)33(3)26-36(6)47(64)48(70-11)46(63)35(5)25-31/h12-14,17-18,26,31,33-35,37-42,44-45,47-48,61,64,68H,15-16,19-25,27-30H2,1-11H3,(H4,55,56,57,58)/b14-12+,17-13+,32-18-,36-26+/t31-,33-,34?,35-,37-,38-,39+,40+,41+,42-,44+,45-,47-,48+,54-/m1/s1. The molecule has 15 atom stereocenters. The number of rotatable bonds is 6. The second-order valence-corrected chi connectivity index (χ2v) is 21.3. The van der Waals surface area contributed by atoms with Crippen LogP contribution < -0.4 is 11.1 Å². The predicted molar refractivity (Wildman–Crippen MR) is 274 cm³/mol. The van der Waals surface area contributed by atoms with Gasteiger partial charge in [0.1, 0.15) is 30.1 Å². The summed E-state index contributed by atoms with van der Waals surface area (Å²) in [5.41, 5.74) is 6.86. The largest absolute Gasteiger partial charge is 0.460 e. The Bertz CT molecular complexity index is 2050. The lowest BCUT2D eigenvalue weighted by molar-refractivity contribution is -0.263. The second kappa shape index (κ2) is 27.6. The van der Waals surface area contributed by atoms with Gasteiger partial charge in [-0.05, 0) is 107 Å². The molecule has 2 bridgehead atoms. The molecule has 3 aliphatic heterocycles. The molecule has 3 heterocycles. The van der Waals surface area contributed by atoms with Crippen molar-refractivity contribution in [3.05, 3.63) is 47.6 Å². The van der Waals surface area contributed by atoms with Crippen LogP contribution in [0.1, 0.15) is 126 Å². The number of carbonyl (C=O) groups is 5. The number of amides is 1. The number of carbonyl (C=O) groups excluding carboxylic acids is 5. The molecule has 1 unspecified atom stereocenters. The fraction of sp³-hybridized carbons (Fsp3) is 0.722. The average Bonchev–Trinajstić information content (AvgIpc) is 3.33.